The fraction of sp³-hybridized carbons (Fsp3) is 0. The van der Waals surface area contributed by atoms with Crippen LogP contribution in [0.25, 0.3) is 0 Å². The second kappa shape index (κ2) is 5.46. The largest absolute Gasteiger partial charge is 0.317 e. The van der Waals surface area contributed by atoms with E-state index < -0.39 is 34.9 Å². The lowest BCUT2D eigenvalue weighted by molar-refractivity contribution is 0.102. The molecule has 0 radical (unpaired) electrons. The summed E-state index contributed by atoms with van der Waals surface area (Å²) in [5.41, 5.74) is -1.29. The van der Waals surface area contributed by atoms with E-state index in [1.165, 1.54) is 12.1 Å². The highest BCUT2D eigenvalue weighted by atomic mass is 35.5. The lowest BCUT2D eigenvalue weighted by Crippen LogP contribution is -2.16. The Hall–Kier alpha value is -2.15. The van der Waals surface area contributed by atoms with Crippen LogP contribution in [-0.2, 0) is 0 Å². The van der Waals surface area contributed by atoms with Gasteiger partial charge in [0.05, 0.1) is 5.56 Å². The van der Waals surface area contributed by atoms with Gasteiger partial charge in [0.15, 0.2) is 23.3 Å². The van der Waals surface area contributed by atoms with Gasteiger partial charge in [0.25, 0.3) is 5.91 Å². The van der Waals surface area contributed by atoms with Crippen molar-refractivity contribution < 1.29 is 22.4 Å². The van der Waals surface area contributed by atoms with Gasteiger partial charge < -0.3 is 5.32 Å². The molecule has 1 aromatic heterocycles. The Morgan fingerprint density at radius 1 is 1.10 bits per heavy atom. The van der Waals surface area contributed by atoms with E-state index in [9.17, 15) is 22.4 Å². The predicted octanol–water partition coefficient (Wildman–Crippen LogP) is 3.54. The molecular weight excluding hydrogens is 300 g/mol. The van der Waals surface area contributed by atoms with Crippen molar-refractivity contribution >= 4 is 23.2 Å². The Labute approximate surface area is 115 Å². The number of halogens is 5. The Morgan fingerprint density at radius 2 is 1.70 bits per heavy atom. The van der Waals surface area contributed by atoms with Gasteiger partial charge in [-0.05, 0) is 12.1 Å². The van der Waals surface area contributed by atoms with Gasteiger partial charge in [0.1, 0.15) is 10.8 Å². The van der Waals surface area contributed by atoms with Crippen LogP contribution in [-0.4, -0.2) is 10.9 Å². The standard InChI is InChI=1S/C12H5ClF4N2O/c13-8-2-1-5(4-18-8)12(20)19-11-9(16)6(14)3-7(15)10(11)17/h1-4H,(H,19,20). The number of nitrogens with one attached hydrogen (secondary N) is 1. The molecule has 1 aromatic carbocycles. The van der Waals surface area contributed by atoms with Crippen LogP contribution in [0, 0.1) is 23.3 Å². The first-order valence-electron chi connectivity index (χ1n) is 5.16. The van der Waals surface area contributed by atoms with Crippen molar-refractivity contribution in [2.75, 3.05) is 5.32 Å². The van der Waals surface area contributed by atoms with Crippen LogP contribution in [0.5, 0.6) is 0 Å². The molecule has 0 spiro atoms. The zero-order chi connectivity index (χ0) is 14.9. The molecule has 0 atom stereocenters. The number of pyridine rings is 1. The molecule has 1 N–H and O–H groups in total. The Bertz CT molecular complexity index is 650. The molecule has 104 valence electrons. The van der Waals surface area contributed by atoms with Crippen LogP contribution in [0.15, 0.2) is 24.4 Å². The van der Waals surface area contributed by atoms with E-state index >= 15 is 0 Å². The molecule has 0 bridgehead atoms. The van der Waals surface area contributed by atoms with Crippen molar-refractivity contribution in [2.45, 2.75) is 0 Å². The number of carbonyl (C=O) groups is 1. The first-order valence-corrected chi connectivity index (χ1v) is 5.54. The molecule has 2 aromatic rings. The molecule has 0 aliphatic carbocycles. The average Bonchev–Trinajstić information content (AvgIpc) is 2.42. The van der Waals surface area contributed by atoms with Crippen LogP contribution >= 0.6 is 11.6 Å². The number of benzene rings is 1. The summed E-state index contributed by atoms with van der Waals surface area (Å²) in [6.07, 6.45) is 1.04. The third kappa shape index (κ3) is 2.72. The van der Waals surface area contributed by atoms with E-state index in [2.05, 4.69) is 4.98 Å². The summed E-state index contributed by atoms with van der Waals surface area (Å²) < 4.78 is 52.6. The summed E-state index contributed by atoms with van der Waals surface area (Å²) in [4.78, 5) is 15.3. The fourth-order valence-corrected chi connectivity index (χ4v) is 1.49. The van der Waals surface area contributed by atoms with Crippen molar-refractivity contribution in [1.29, 1.82) is 0 Å². The number of anilines is 1. The second-order valence-electron chi connectivity index (χ2n) is 3.67. The Kier molecular flexibility index (Phi) is 3.89. The van der Waals surface area contributed by atoms with E-state index in [-0.39, 0.29) is 16.8 Å². The number of amides is 1. The molecule has 0 aliphatic rings. The second-order valence-corrected chi connectivity index (χ2v) is 4.05. The highest BCUT2D eigenvalue weighted by Gasteiger charge is 2.21. The third-order valence-electron chi connectivity index (χ3n) is 2.34. The predicted molar refractivity (Wildman–Crippen MR) is 63.5 cm³/mol. The molecule has 1 amide bonds. The molecule has 2 rings (SSSR count). The zero-order valence-corrected chi connectivity index (χ0v) is 10.3. The van der Waals surface area contributed by atoms with E-state index in [0.717, 1.165) is 6.20 Å². The van der Waals surface area contributed by atoms with Crippen molar-refractivity contribution in [3.63, 3.8) is 0 Å². The van der Waals surface area contributed by atoms with Gasteiger partial charge >= 0.3 is 0 Å². The van der Waals surface area contributed by atoms with E-state index in [1.807, 2.05) is 0 Å². The van der Waals surface area contributed by atoms with Crippen molar-refractivity contribution in [3.8, 4) is 0 Å². The summed E-state index contributed by atoms with van der Waals surface area (Å²) in [5.74, 6) is -7.61. The molecule has 0 saturated heterocycles. The minimum absolute atomic E-state index is 0.0458. The van der Waals surface area contributed by atoms with Gasteiger partial charge in [-0.1, -0.05) is 11.6 Å². The minimum atomic E-state index is -1.70. The van der Waals surface area contributed by atoms with Crippen LogP contribution < -0.4 is 5.32 Å². The van der Waals surface area contributed by atoms with Gasteiger partial charge in [-0.2, -0.15) is 0 Å². The number of hydrogen-bond acceptors (Lipinski definition) is 2. The van der Waals surface area contributed by atoms with Crippen LogP contribution in [0.3, 0.4) is 0 Å². The molecule has 0 unspecified atom stereocenters. The average molecular weight is 305 g/mol. The number of aromatic nitrogens is 1. The van der Waals surface area contributed by atoms with Crippen LogP contribution in [0.2, 0.25) is 5.15 Å². The molecular formula is C12H5ClF4N2O. The third-order valence-corrected chi connectivity index (χ3v) is 2.56. The number of carbonyl (C=O) groups excluding carboxylic acids is 1. The lowest BCUT2D eigenvalue weighted by Gasteiger charge is -2.08. The molecule has 8 heteroatoms. The van der Waals surface area contributed by atoms with Crippen molar-refractivity contribution in [2.24, 2.45) is 0 Å². The van der Waals surface area contributed by atoms with E-state index in [0.29, 0.717) is 0 Å². The van der Waals surface area contributed by atoms with Gasteiger partial charge in [0.2, 0.25) is 0 Å². The highest BCUT2D eigenvalue weighted by Crippen LogP contribution is 2.24. The normalized spacial score (nSPS) is 10.4. The van der Waals surface area contributed by atoms with Crippen LogP contribution in [0.4, 0.5) is 23.2 Å². The van der Waals surface area contributed by atoms with Gasteiger partial charge in [-0.3, -0.25) is 4.79 Å². The van der Waals surface area contributed by atoms with Gasteiger partial charge in [-0.25, -0.2) is 22.5 Å². The maximum absolute atomic E-state index is 13.3. The van der Waals surface area contributed by atoms with Gasteiger partial charge in [0, 0.05) is 12.3 Å². The molecule has 3 nitrogen and oxygen atoms in total. The SMILES string of the molecule is O=C(Nc1c(F)c(F)cc(F)c1F)c1ccc(Cl)nc1. The maximum atomic E-state index is 13.3. The maximum Gasteiger partial charge on any atom is 0.257 e. The number of hydrogen-bond donors (Lipinski definition) is 1. The topological polar surface area (TPSA) is 42.0 Å². The Morgan fingerprint density at radius 3 is 2.20 bits per heavy atom. The number of rotatable bonds is 2. The summed E-state index contributed by atoms with van der Waals surface area (Å²) in [7, 11) is 0. The molecule has 0 saturated carbocycles. The van der Waals surface area contributed by atoms with Crippen molar-refractivity contribution in [1.82, 2.24) is 4.98 Å². The minimum Gasteiger partial charge on any atom is -0.317 e. The monoisotopic (exact) mass is 304 g/mol. The Balaban J connectivity index is 2.35. The van der Waals surface area contributed by atoms with Crippen molar-refractivity contribution in [3.05, 3.63) is 58.4 Å². The summed E-state index contributed by atoms with van der Waals surface area (Å²) in [6, 6.07) is 2.55. The molecule has 0 aliphatic heterocycles. The van der Waals surface area contributed by atoms with E-state index in [4.69, 9.17) is 11.6 Å². The molecule has 1 heterocycles. The zero-order valence-electron chi connectivity index (χ0n) is 9.55. The molecule has 20 heavy (non-hydrogen) atoms. The summed E-state index contributed by atoms with van der Waals surface area (Å²) in [6.45, 7) is 0. The summed E-state index contributed by atoms with van der Waals surface area (Å²) in [5, 5.41) is 1.85. The molecule has 0 fully saturated rings. The highest BCUT2D eigenvalue weighted by molar-refractivity contribution is 6.29. The first kappa shape index (κ1) is 14.3. The lowest BCUT2D eigenvalue weighted by atomic mass is 10.2. The number of nitrogens with zero attached hydrogens (tertiary/aromatic N) is 1. The summed E-state index contributed by atoms with van der Waals surface area (Å²) >= 11 is 5.51. The fourth-order valence-electron chi connectivity index (χ4n) is 1.38. The van der Waals surface area contributed by atoms with E-state index in [1.54, 1.807) is 5.32 Å². The first-order chi connectivity index (χ1) is 9.40. The smallest absolute Gasteiger partial charge is 0.257 e. The van der Waals surface area contributed by atoms with Crippen LogP contribution in [0.1, 0.15) is 10.4 Å². The quantitative estimate of drug-likeness (QED) is 0.524. The van der Waals surface area contributed by atoms with Gasteiger partial charge in [-0.15, -0.1) is 0 Å².